The van der Waals surface area contributed by atoms with Gasteiger partial charge in [0, 0.05) is 12.4 Å². The van der Waals surface area contributed by atoms with Crippen LogP contribution in [0.5, 0.6) is 0 Å². The van der Waals surface area contributed by atoms with E-state index in [0.29, 0.717) is 18.7 Å². The lowest BCUT2D eigenvalue weighted by Crippen LogP contribution is -2.21. The first-order valence-corrected chi connectivity index (χ1v) is 5.80. The molecular formula is C13H11F3N2O2. The zero-order valence-corrected chi connectivity index (χ0v) is 10.5. The van der Waals surface area contributed by atoms with Crippen molar-refractivity contribution in [2.24, 2.45) is 0 Å². The fourth-order valence-corrected chi connectivity index (χ4v) is 1.63. The summed E-state index contributed by atoms with van der Waals surface area (Å²) in [5.41, 5.74) is -0.381. The van der Waals surface area contributed by atoms with Gasteiger partial charge < -0.3 is 4.74 Å². The Hall–Kier alpha value is -2.31. The van der Waals surface area contributed by atoms with Gasteiger partial charge in [-0.05, 0) is 25.1 Å². The van der Waals surface area contributed by atoms with Crippen molar-refractivity contribution in [2.75, 3.05) is 0 Å². The molecule has 7 heteroatoms. The number of benzene rings is 1. The van der Waals surface area contributed by atoms with Crippen molar-refractivity contribution in [3.8, 4) is 0 Å². The van der Waals surface area contributed by atoms with Crippen LogP contribution in [0.25, 0.3) is 0 Å². The summed E-state index contributed by atoms with van der Waals surface area (Å²) in [5.74, 6) is -5.41. The van der Waals surface area contributed by atoms with Gasteiger partial charge in [-0.3, -0.25) is 4.68 Å². The van der Waals surface area contributed by atoms with Gasteiger partial charge in [-0.2, -0.15) is 5.10 Å². The van der Waals surface area contributed by atoms with Crippen LogP contribution < -0.4 is 0 Å². The lowest BCUT2D eigenvalue weighted by atomic mass is 10.2. The first-order valence-electron chi connectivity index (χ1n) is 5.80. The molecule has 1 atom stereocenters. The largest absolute Gasteiger partial charge is 0.457 e. The van der Waals surface area contributed by atoms with E-state index in [1.165, 1.54) is 0 Å². The van der Waals surface area contributed by atoms with E-state index in [1.807, 2.05) is 0 Å². The molecule has 2 aromatic rings. The van der Waals surface area contributed by atoms with Crippen molar-refractivity contribution >= 4 is 5.97 Å². The van der Waals surface area contributed by atoms with E-state index in [-0.39, 0.29) is 5.56 Å². The Bertz CT molecular complexity index is 591. The van der Waals surface area contributed by atoms with Gasteiger partial charge in [-0.15, -0.1) is 0 Å². The fraction of sp³-hybridized carbons (Fsp3) is 0.231. The number of esters is 1. The van der Waals surface area contributed by atoms with Gasteiger partial charge in [0.25, 0.3) is 0 Å². The Balaban J connectivity index is 2.04. The van der Waals surface area contributed by atoms with Crippen molar-refractivity contribution in [1.29, 1.82) is 0 Å². The number of aromatic nitrogens is 2. The topological polar surface area (TPSA) is 44.1 Å². The average molecular weight is 284 g/mol. The number of hydrogen-bond acceptors (Lipinski definition) is 3. The minimum Gasteiger partial charge on any atom is -0.457 e. The van der Waals surface area contributed by atoms with Gasteiger partial charge in [0.1, 0.15) is 6.10 Å². The summed E-state index contributed by atoms with van der Waals surface area (Å²) in [6.45, 7) is 1.90. The summed E-state index contributed by atoms with van der Waals surface area (Å²) in [5, 5.41) is 3.93. The first kappa shape index (κ1) is 14.1. The van der Waals surface area contributed by atoms with E-state index < -0.39 is 29.5 Å². The Morgan fingerprint density at radius 1 is 1.35 bits per heavy atom. The van der Waals surface area contributed by atoms with E-state index in [4.69, 9.17) is 4.74 Å². The molecule has 0 amide bonds. The Labute approximate surface area is 112 Å². The van der Waals surface area contributed by atoms with Crippen molar-refractivity contribution in [1.82, 2.24) is 9.78 Å². The summed E-state index contributed by atoms with van der Waals surface area (Å²) < 4.78 is 45.3. The molecule has 0 fully saturated rings. The molecule has 2 rings (SSSR count). The van der Waals surface area contributed by atoms with Crippen molar-refractivity contribution in [2.45, 2.75) is 19.6 Å². The maximum Gasteiger partial charge on any atom is 0.338 e. The summed E-state index contributed by atoms with van der Waals surface area (Å²) in [7, 11) is 0. The monoisotopic (exact) mass is 284 g/mol. The van der Waals surface area contributed by atoms with Crippen LogP contribution in [0.15, 0.2) is 30.6 Å². The van der Waals surface area contributed by atoms with Crippen LogP contribution in [0.4, 0.5) is 13.2 Å². The molecule has 0 saturated carbocycles. The third-order valence-corrected chi connectivity index (χ3v) is 2.53. The molecule has 1 unspecified atom stereocenters. The molecule has 1 heterocycles. The molecule has 1 aromatic carbocycles. The van der Waals surface area contributed by atoms with Gasteiger partial charge >= 0.3 is 5.97 Å². The molecule has 0 saturated heterocycles. The molecule has 0 radical (unpaired) electrons. The van der Waals surface area contributed by atoms with Gasteiger partial charge in [-0.25, -0.2) is 18.0 Å². The number of carbonyl (C=O) groups is 1. The highest BCUT2D eigenvalue weighted by atomic mass is 19.2. The number of rotatable bonds is 4. The molecule has 0 bridgehead atoms. The Morgan fingerprint density at radius 2 is 2.00 bits per heavy atom. The number of ether oxygens (including phenoxy) is 1. The van der Waals surface area contributed by atoms with E-state index in [2.05, 4.69) is 5.10 Å². The van der Waals surface area contributed by atoms with Crippen LogP contribution in [0.3, 0.4) is 0 Å². The van der Waals surface area contributed by atoms with Gasteiger partial charge in [-0.1, -0.05) is 0 Å². The number of carbonyl (C=O) groups excluding carboxylic acids is 1. The summed E-state index contributed by atoms with van der Waals surface area (Å²) in [4.78, 5) is 11.7. The molecule has 1 aromatic heterocycles. The molecular weight excluding hydrogens is 273 g/mol. The number of halogens is 3. The van der Waals surface area contributed by atoms with Gasteiger partial charge in [0.2, 0.25) is 0 Å². The van der Waals surface area contributed by atoms with E-state index >= 15 is 0 Å². The van der Waals surface area contributed by atoms with E-state index in [9.17, 15) is 18.0 Å². The molecule has 0 N–H and O–H groups in total. The van der Waals surface area contributed by atoms with E-state index in [1.54, 1.807) is 30.1 Å². The van der Waals surface area contributed by atoms with Crippen LogP contribution in [-0.4, -0.2) is 21.9 Å². The molecule has 20 heavy (non-hydrogen) atoms. The van der Waals surface area contributed by atoms with Gasteiger partial charge in [0.15, 0.2) is 17.5 Å². The Morgan fingerprint density at radius 3 is 2.55 bits per heavy atom. The minimum absolute atomic E-state index is 0.297. The zero-order chi connectivity index (χ0) is 14.7. The van der Waals surface area contributed by atoms with Crippen LogP contribution in [-0.2, 0) is 11.3 Å². The van der Waals surface area contributed by atoms with Crippen molar-refractivity contribution < 1.29 is 22.7 Å². The maximum atomic E-state index is 13.0. The van der Waals surface area contributed by atoms with Crippen LogP contribution in [0, 0.1) is 17.5 Å². The maximum absolute atomic E-state index is 13.0. The second-order valence-corrected chi connectivity index (χ2v) is 4.20. The van der Waals surface area contributed by atoms with Crippen LogP contribution in [0.1, 0.15) is 17.3 Å². The third kappa shape index (κ3) is 3.17. The number of hydrogen-bond donors (Lipinski definition) is 0. The standard InChI is InChI=1S/C13H11F3N2O2/c1-8(7-18-4-2-3-17-18)20-13(19)9-5-10(14)12(16)11(15)6-9/h2-6,8H,7H2,1H3. The second kappa shape index (κ2) is 5.77. The quantitative estimate of drug-likeness (QED) is 0.640. The summed E-state index contributed by atoms with van der Waals surface area (Å²) in [6.07, 6.45) is 2.69. The van der Waals surface area contributed by atoms with Gasteiger partial charge in [0.05, 0.1) is 12.1 Å². The molecule has 0 aliphatic rings. The van der Waals surface area contributed by atoms with Crippen molar-refractivity contribution in [3.63, 3.8) is 0 Å². The highest BCUT2D eigenvalue weighted by molar-refractivity contribution is 5.89. The summed E-state index contributed by atoms with van der Waals surface area (Å²) in [6, 6.07) is 2.90. The molecule has 0 spiro atoms. The van der Waals surface area contributed by atoms with Crippen LogP contribution in [0.2, 0.25) is 0 Å². The molecule has 0 aliphatic heterocycles. The Kier molecular flexibility index (Phi) is 4.07. The SMILES string of the molecule is CC(Cn1cccn1)OC(=O)c1cc(F)c(F)c(F)c1. The predicted octanol–water partition coefficient (Wildman–Crippen LogP) is 2.55. The molecule has 4 nitrogen and oxygen atoms in total. The highest BCUT2D eigenvalue weighted by Gasteiger charge is 2.18. The smallest absolute Gasteiger partial charge is 0.338 e. The fourth-order valence-electron chi connectivity index (χ4n) is 1.63. The lowest BCUT2D eigenvalue weighted by Gasteiger charge is -2.13. The molecule has 106 valence electrons. The van der Waals surface area contributed by atoms with Crippen molar-refractivity contribution in [3.05, 3.63) is 53.6 Å². The number of nitrogens with zero attached hydrogens (tertiary/aromatic N) is 2. The minimum atomic E-state index is -1.62. The highest BCUT2D eigenvalue weighted by Crippen LogP contribution is 2.15. The normalized spacial score (nSPS) is 12.2. The molecule has 0 aliphatic carbocycles. The second-order valence-electron chi connectivity index (χ2n) is 4.20. The third-order valence-electron chi connectivity index (χ3n) is 2.53. The average Bonchev–Trinajstić information content (AvgIpc) is 2.87. The first-order chi connectivity index (χ1) is 9.47. The zero-order valence-electron chi connectivity index (χ0n) is 10.5. The predicted molar refractivity (Wildman–Crippen MR) is 63.4 cm³/mol. The lowest BCUT2D eigenvalue weighted by molar-refractivity contribution is 0.0297. The van der Waals surface area contributed by atoms with Crippen LogP contribution >= 0.6 is 0 Å². The van der Waals surface area contributed by atoms with E-state index in [0.717, 1.165) is 0 Å². The summed E-state index contributed by atoms with van der Waals surface area (Å²) >= 11 is 0.